The van der Waals surface area contributed by atoms with Crippen LogP contribution in [0.4, 0.5) is 0 Å². The molecule has 2 aromatic rings. The van der Waals surface area contributed by atoms with Gasteiger partial charge in [-0.3, -0.25) is 9.89 Å². The Bertz CT molecular complexity index is 809. The number of nitrogens with zero attached hydrogens (tertiary/aromatic N) is 2. The highest BCUT2D eigenvalue weighted by Crippen LogP contribution is 2.27. The molecule has 2 N–H and O–H groups in total. The summed E-state index contributed by atoms with van der Waals surface area (Å²) < 4.78 is 10.9. The molecule has 1 saturated heterocycles. The number of aliphatic imine (C=N–C) groups is 1. The predicted octanol–water partition coefficient (Wildman–Crippen LogP) is 3.82. The first-order valence-electron chi connectivity index (χ1n) is 10.2. The van der Waals surface area contributed by atoms with Crippen LogP contribution in [0.2, 0.25) is 0 Å². The van der Waals surface area contributed by atoms with Gasteiger partial charge in [0.2, 0.25) is 0 Å². The van der Waals surface area contributed by atoms with Gasteiger partial charge in [-0.25, -0.2) is 0 Å². The Hall–Kier alpha value is -2.00. The SMILES string of the molecule is CN=C(NCc1ccccc1OC)NCC(c1cccc(OC)c1)N1CCCC1.I. The van der Waals surface area contributed by atoms with Crippen molar-refractivity contribution in [2.24, 2.45) is 4.99 Å². The van der Waals surface area contributed by atoms with Crippen molar-refractivity contribution in [3.8, 4) is 11.5 Å². The van der Waals surface area contributed by atoms with Crippen LogP contribution in [0, 0.1) is 0 Å². The van der Waals surface area contributed by atoms with E-state index in [-0.39, 0.29) is 30.0 Å². The van der Waals surface area contributed by atoms with Crippen molar-refractivity contribution in [1.82, 2.24) is 15.5 Å². The number of hydrogen-bond donors (Lipinski definition) is 2. The summed E-state index contributed by atoms with van der Waals surface area (Å²) in [6.45, 7) is 3.67. The normalized spacial score (nSPS) is 15.2. The van der Waals surface area contributed by atoms with Crippen LogP contribution in [0.1, 0.15) is 30.0 Å². The molecule has 0 aliphatic carbocycles. The Morgan fingerprint density at radius 2 is 1.80 bits per heavy atom. The molecule has 6 nitrogen and oxygen atoms in total. The van der Waals surface area contributed by atoms with E-state index in [1.807, 2.05) is 24.3 Å². The van der Waals surface area contributed by atoms with Crippen molar-refractivity contribution in [3.05, 3.63) is 59.7 Å². The number of guanidine groups is 1. The van der Waals surface area contributed by atoms with Gasteiger partial charge in [0.1, 0.15) is 11.5 Å². The molecule has 164 valence electrons. The first kappa shape index (κ1) is 24.3. The van der Waals surface area contributed by atoms with Gasteiger partial charge in [0, 0.05) is 25.7 Å². The summed E-state index contributed by atoms with van der Waals surface area (Å²) in [4.78, 5) is 6.93. The highest BCUT2D eigenvalue weighted by atomic mass is 127. The van der Waals surface area contributed by atoms with Gasteiger partial charge in [-0.05, 0) is 49.7 Å². The van der Waals surface area contributed by atoms with Gasteiger partial charge in [0.25, 0.3) is 0 Å². The van der Waals surface area contributed by atoms with Crippen LogP contribution < -0.4 is 20.1 Å². The van der Waals surface area contributed by atoms with Crippen molar-refractivity contribution >= 4 is 29.9 Å². The highest BCUT2D eigenvalue weighted by molar-refractivity contribution is 14.0. The van der Waals surface area contributed by atoms with Crippen molar-refractivity contribution < 1.29 is 9.47 Å². The molecule has 1 aliphatic heterocycles. The summed E-state index contributed by atoms with van der Waals surface area (Å²) in [6.07, 6.45) is 2.50. The zero-order chi connectivity index (χ0) is 20.5. The maximum Gasteiger partial charge on any atom is 0.191 e. The fourth-order valence-electron chi connectivity index (χ4n) is 3.80. The minimum Gasteiger partial charge on any atom is -0.497 e. The van der Waals surface area contributed by atoms with Crippen molar-refractivity contribution in [1.29, 1.82) is 0 Å². The molecule has 1 heterocycles. The van der Waals surface area contributed by atoms with E-state index in [1.165, 1.54) is 18.4 Å². The first-order valence-corrected chi connectivity index (χ1v) is 10.2. The van der Waals surface area contributed by atoms with Gasteiger partial charge < -0.3 is 20.1 Å². The second-order valence-electron chi connectivity index (χ2n) is 7.15. The van der Waals surface area contributed by atoms with Gasteiger partial charge in [-0.2, -0.15) is 0 Å². The standard InChI is InChI=1S/C23H32N4O2.HI/c1-24-23(25-16-19-9-4-5-12-22(19)29-3)26-17-21(27-13-6-7-14-27)18-10-8-11-20(15-18)28-2;/h4-5,8-12,15,21H,6-7,13-14,16-17H2,1-3H3,(H2,24,25,26);1H. The number of hydrogen-bond acceptors (Lipinski definition) is 4. The van der Waals surface area contributed by atoms with E-state index >= 15 is 0 Å². The third kappa shape index (κ3) is 6.50. The Morgan fingerprint density at radius 1 is 1.03 bits per heavy atom. The van der Waals surface area contributed by atoms with Crippen LogP contribution in [-0.4, -0.2) is 51.8 Å². The second-order valence-corrected chi connectivity index (χ2v) is 7.15. The first-order chi connectivity index (χ1) is 14.2. The Kier molecular flexibility index (Phi) is 10.2. The molecule has 0 saturated carbocycles. The monoisotopic (exact) mass is 524 g/mol. The molecule has 0 amide bonds. The fourth-order valence-corrected chi connectivity index (χ4v) is 3.80. The van der Waals surface area contributed by atoms with Crippen molar-refractivity contribution in [2.75, 3.05) is 40.9 Å². The number of rotatable bonds is 8. The van der Waals surface area contributed by atoms with Crippen molar-refractivity contribution in [3.63, 3.8) is 0 Å². The van der Waals surface area contributed by atoms with E-state index in [2.05, 4.69) is 44.8 Å². The maximum atomic E-state index is 5.44. The van der Waals surface area contributed by atoms with E-state index < -0.39 is 0 Å². The minimum atomic E-state index is 0. The van der Waals surface area contributed by atoms with E-state index in [1.54, 1.807) is 21.3 Å². The molecule has 7 heteroatoms. The summed E-state index contributed by atoms with van der Waals surface area (Å²) in [5, 5.41) is 6.90. The molecule has 0 radical (unpaired) electrons. The van der Waals surface area contributed by atoms with Crippen LogP contribution in [0.15, 0.2) is 53.5 Å². The molecular weight excluding hydrogens is 491 g/mol. The molecule has 0 spiro atoms. The number of benzene rings is 2. The Balaban J connectivity index is 0.00000320. The summed E-state index contributed by atoms with van der Waals surface area (Å²) in [6, 6.07) is 16.7. The smallest absolute Gasteiger partial charge is 0.191 e. The number of methoxy groups -OCH3 is 2. The lowest BCUT2D eigenvalue weighted by Crippen LogP contribution is -2.42. The topological polar surface area (TPSA) is 58.1 Å². The molecule has 3 rings (SSSR count). The van der Waals surface area contributed by atoms with Crippen LogP contribution in [0.5, 0.6) is 11.5 Å². The number of nitrogens with one attached hydrogen (secondary N) is 2. The lowest BCUT2D eigenvalue weighted by molar-refractivity contribution is 0.245. The number of halogens is 1. The number of para-hydroxylation sites is 1. The molecule has 0 aromatic heterocycles. The summed E-state index contributed by atoms with van der Waals surface area (Å²) in [5.41, 5.74) is 2.36. The van der Waals surface area contributed by atoms with Gasteiger partial charge >= 0.3 is 0 Å². The molecular formula is C23H33IN4O2. The average molecular weight is 524 g/mol. The van der Waals surface area contributed by atoms with Crippen LogP contribution in [-0.2, 0) is 6.54 Å². The van der Waals surface area contributed by atoms with Crippen LogP contribution >= 0.6 is 24.0 Å². The zero-order valence-electron chi connectivity index (χ0n) is 18.1. The molecule has 1 aliphatic rings. The van der Waals surface area contributed by atoms with E-state index in [0.717, 1.165) is 42.7 Å². The van der Waals surface area contributed by atoms with Crippen LogP contribution in [0.3, 0.4) is 0 Å². The largest absolute Gasteiger partial charge is 0.497 e. The average Bonchev–Trinajstić information content (AvgIpc) is 3.31. The molecule has 2 aromatic carbocycles. The summed E-state index contributed by atoms with van der Waals surface area (Å²) in [5.74, 6) is 2.55. The number of ether oxygens (including phenoxy) is 2. The maximum absolute atomic E-state index is 5.44. The van der Waals surface area contributed by atoms with Gasteiger partial charge in [0.15, 0.2) is 5.96 Å². The quantitative estimate of drug-likeness (QED) is 0.313. The van der Waals surface area contributed by atoms with E-state index in [0.29, 0.717) is 6.54 Å². The Morgan fingerprint density at radius 3 is 2.50 bits per heavy atom. The lowest BCUT2D eigenvalue weighted by atomic mass is 10.1. The summed E-state index contributed by atoms with van der Waals surface area (Å²) >= 11 is 0. The minimum absolute atomic E-state index is 0. The third-order valence-electron chi connectivity index (χ3n) is 5.39. The second kappa shape index (κ2) is 12.6. The fraction of sp³-hybridized carbons (Fsp3) is 0.435. The lowest BCUT2D eigenvalue weighted by Gasteiger charge is -2.29. The Labute approximate surface area is 197 Å². The molecule has 1 fully saturated rings. The van der Waals surface area contributed by atoms with Crippen molar-refractivity contribution in [2.45, 2.75) is 25.4 Å². The molecule has 0 bridgehead atoms. The predicted molar refractivity (Wildman–Crippen MR) is 133 cm³/mol. The number of likely N-dealkylation sites (tertiary alicyclic amines) is 1. The third-order valence-corrected chi connectivity index (χ3v) is 5.39. The highest BCUT2D eigenvalue weighted by Gasteiger charge is 2.24. The molecule has 1 atom stereocenters. The molecule has 30 heavy (non-hydrogen) atoms. The zero-order valence-corrected chi connectivity index (χ0v) is 20.4. The van der Waals surface area contributed by atoms with Gasteiger partial charge in [-0.1, -0.05) is 30.3 Å². The molecule has 1 unspecified atom stereocenters. The van der Waals surface area contributed by atoms with Gasteiger partial charge in [0.05, 0.1) is 20.3 Å². The van der Waals surface area contributed by atoms with E-state index in [4.69, 9.17) is 9.47 Å². The summed E-state index contributed by atoms with van der Waals surface area (Å²) in [7, 11) is 5.21. The van der Waals surface area contributed by atoms with Gasteiger partial charge in [-0.15, -0.1) is 24.0 Å². The van der Waals surface area contributed by atoms with Crippen LogP contribution in [0.25, 0.3) is 0 Å². The van der Waals surface area contributed by atoms with E-state index in [9.17, 15) is 0 Å².